The molecular formula is C20H16N4O5S. The molecule has 3 N–H and O–H groups in total. The summed E-state index contributed by atoms with van der Waals surface area (Å²) >= 11 is 5.09. The standard InChI is InChI=1S/C20H16N4O5S/c25-18(21-12-15-4-3-11-29-15)13-7-9-14(10-8-13)22-20(30)23-19(26)16-5-1-2-6-17(16)24(27)28/h1-11H,12H2,(H,21,25)(H2,22,23,26,30). The maximum absolute atomic E-state index is 12.3. The van der Waals surface area contributed by atoms with Crippen LogP contribution in [0.4, 0.5) is 11.4 Å². The van der Waals surface area contributed by atoms with Crippen molar-refractivity contribution >= 4 is 40.5 Å². The Hall–Kier alpha value is -4.05. The molecule has 0 bridgehead atoms. The van der Waals surface area contributed by atoms with Gasteiger partial charge in [0.1, 0.15) is 11.3 Å². The smallest absolute Gasteiger partial charge is 0.282 e. The van der Waals surface area contributed by atoms with Crippen LogP contribution in [0.2, 0.25) is 0 Å². The number of hydrogen-bond donors (Lipinski definition) is 3. The van der Waals surface area contributed by atoms with E-state index >= 15 is 0 Å². The fourth-order valence-electron chi connectivity index (χ4n) is 2.55. The molecule has 0 fully saturated rings. The monoisotopic (exact) mass is 424 g/mol. The minimum absolute atomic E-state index is 0.0341. The molecule has 1 aromatic heterocycles. The van der Waals surface area contributed by atoms with Gasteiger partial charge in [0.05, 0.1) is 17.7 Å². The van der Waals surface area contributed by atoms with Crippen molar-refractivity contribution in [1.82, 2.24) is 10.6 Å². The average molecular weight is 424 g/mol. The summed E-state index contributed by atoms with van der Waals surface area (Å²) in [6, 6.07) is 15.5. The number of amides is 2. The Labute approximate surface area is 176 Å². The molecule has 0 unspecified atom stereocenters. The highest BCUT2D eigenvalue weighted by molar-refractivity contribution is 7.80. The second-order valence-electron chi connectivity index (χ2n) is 6.02. The first-order valence-electron chi connectivity index (χ1n) is 8.70. The average Bonchev–Trinajstić information content (AvgIpc) is 3.26. The first kappa shape index (κ1) is 20.7. The van der Waals surface area contributed by atoms with Crippen LogP contribution in [0.1, 0.15) is 26.5 Å². The van der Waals surface area contributed by atoms with Crippen LogP contribution in [0.25, 0.3) is 0 Å². The third-order valence-corrected chi connectivity index (χ3v) is 4.18. The Morgan fingerprint density at radius 3 is 2.40 bits per heavy atom. The van der Waals surface area contributed by atoms with Crippen LogP contribution in [0, 0.1) is 10.1 Å². The van der Waals surface area contributed by atoms with Crippen LogP contribution in [0.3, 0.4) is 0 Å². The molecule has 0 atom stereocenters. The van der Waals surface area contributed by atoms with Gasteiger partial charge in [0.2, 0.25) is 0 Å². The van der Waals surface area contributed by atoms with Crippen LogP contribution in [-0.4, -0.2) is 21.9 Å². The zero-order valence-corrected chi connectivity index (χ0v) is 16.3. The number of thiocarbonyl (C=S) groups is 1. The number of carbonyl (C=O) groups excluding carboxylic acids is 2. The third-order valence-electron chi connectivity index (χ3n) is 3.98. The number of furan rings is 1. The fraction of sp³-hybridized carbons (Fsp3) is 0.0500. The molecule has 30 heavy (non-hydrogen) atoms. The van der Waals surface area contributed by atoms with E-state index in [0.717, 1.165) is 0 Å². The first-order chi connectivity index (χ1) is 14.4. The Morgan fingerprint density at radius 2 is 1.73 bits per heavy atom. The van der Waals surface area contributed by atoms with E-state index in [1.165, 1.54) is 30.5 Å². The zero-order chi connectivity index (χ0) is 21.5. The third kappa shape index (κ3) is 5.26. The highest BCUT2D eigenvalue weighted by atomic mass is 32.1. The lowest BCUT2D eigenvalue weighted by atomic mass is 10.1. The molecule has 152 valence electrons. The van der Waals surface area contributed by atoms with Crippen molar-refractivity contribution < 1.29 is 18.9 Å². The predicted octanol–water partition coefficient (Wildman–Crippen LogP) is 3.24. The van der Waals surface area contributed by atoms with Gasteiger partial charge in [0.25, 0.3) is 17.5 Å². The maximum Gasteiger partial charge on any atom is 0.282 e. The highest BCUT2D eigenvalue weighted by Crippen LogP contribution is 2.17. The van der Waals surface area contributed by atoms with E-state index in [-0.39, 0.29) is 28.8 Å². The molecule has 9 nitrogen and oxygen atoms in total. The van der Waals surface area contributed by atoms with Crippen LogP contribution < -0.4 is 16.0 Å². The second kappa shape index (κ2) is 9.43. The quantitative estimate of drug-likeness (QED) is 0.315. The van der Waals surface area contributed by atoms with Crippen LogP contribution in [0.15, 0.2) is 71.3 Å². The second-order valence-corrected chi connectivity index (χ2v) is 6.43. The van der Waals surface area contributed by atoms with Gasteiger partial charge in [-0.2, -0.15) is 0 Å². The summed E-state index contributed by atoms with van der Waals surface area (Å²) in [4.78, 5) is 34.8. The summed E-state index contributed by atoms with van der Waals surface area (Å²) < 4.78 is 5.16. The number of nitrogens with one attached hydrogen (secondary N) is 3. The minimum atomic E-state index is -0.700. The van der Waals surface area contributed by atoms with Gasteiger partial charge in [0.15, 0.2) is 5.11 Å². The largest absolute Gasteiger partial charge is 0.467 e. The summed E-state index contributed by atoms with van der Waals surface area (Å²) in [7, 11) is 0. The molecule has 0 saturated carbocycles. The molecule has 0 aliphatic heterocycles. The van der Waals surface area contributed by atoms with Gasteiger partial charge in [-0.3, -0.25) is 25.0 Å². The number of para-hydroxylation sites is 1. The molecule has 0 saturated heterocycles. The van der Waals surface area contributed by atoms with Gasteiger partial charge < -0.3 is 15.1 Å². The molecule has 3 aromatic rings. The lowest BCUT2D eigenvalue weighted by molar-refractivity contribution is -0.385. The number of benzene rings is 2. The van der Waals surface area contributed by atoms with E-state index < -0.39 is 10.8 Å². The predicted molar refractivity (Wildman–Crippen MR) is 113 cm³/mol. The molecule has 2 amide bonds. The van der Waals surface area contributed by atoms with Crippen molar-refractivity contribution in [2.75, 3.05) is 5.32 Å². The summed E-state index contributed by atoms with van der Waals surface area (Å²) in [6.45, 7) is 0.271. The van der Waals surface area contributed by atoms with Gasteiger partial charge >= 0.3 is 0 Å². The Balaban J connectivity index is 1.56. The minimum Gasteiger partial charge on any atom is -0.467 e. The molecule has 0 aliphatic rings. The van der Waals surface area contributed by atoms with Crippen molar-refractivity contribution in [3.63, 3.8) is 0 Å². The molecular weight excluding hydrogens is 408 g/mol. The van der Waals surface area contributed by atoms with Gasteiger partial charge in [-0.15, -0.1) is 0 Å². The van der Waals surface area contributed by atoms with Crippen molar-refractivity contribution in [3.8, 4) is 0 Å². The van der Waals surface area contributed by atoms with E-state index in [0.29, 0.717) is 17.0 Å². The van der Waals surface area contributed by atoms with Crippen molar-refractivity contribution in [2.24, 2.45) is 0 Å². The lowest BCUT2D eigenvalue weighted by Gasteiger charge is -2.10. The van der Waals surface area contributed by atoms with Gasteiger partial charge in [-0.05, 0) is 54.7 Å². The highest BCUT2D eigenvalue weighted by Gasteiger charge is 2.19. The summed E-state index contributed by atoms with van der Waals surface area (Å²) in [5.41, 5.74) is 0.547. The van der Waals surface area contributed by atoms with Crippen molar-refractivity contribution in [2.45, 2.75) is 6.54 Å². The van der Waals surface area contributed by atoms with Gasteiger partial charge in [-0.25, -0.2) is 0 Å². The number of anilines is 1. The zero-order valence-electron chi connectivity index (χ0n) is 15.5. The molecule has 10 heteroatoms. The molecule has 1 heterocycles. The van der Waals surface area contributed by atoms with E-state index in [1.54, 1.807) is 36.4 Å². The Morgan fingerprint density at radius 1 is 1.00 bits per heavy atom. The van der Waals surface area contributed by atoms with Crippen LogP contribution >= 0.6 is 12.2 Å². The number of carbonyl (C=O) groups is 2. The number of nitro benzene ring substituents is 1. The van der Waals surface area contributed by atoms with E-state index in [1.807, 2.05) is 0 Å². The maximum atomic E-state index is 12.3. The molecule has 0 aliphatic carbocycles. The van der Waals surface area contributed by atoms with Gasteiger partial charge in [-0.1, -0.05) is 12.1 Å². The number of nitrogens with zero attached hydrogens (tertiary/aromatic N) is 1. The van der Waals surface area contributed by atoms with Crippen molar-refractivity contribution in [3.05, 3.63) is 93.9 Å². The molecule has 2 aromatic carbocycles. The summed E-state index contributed by atoms with van der Waals surface area (Å²) in [6.07, 6.45) is 1.53. The number of hydrogen-bond acceptors (Lipinski definition) is 6. The van der Waals surface area contributed by atoms with E-state index in [2.05, 4.69) is 16.0 Å². The fourth-order valence-corrected chi connectivity index (χ4v) is 2.76. The first-order valence-corrected chi connectivity index (χ1v) is 9.11. The summed E-state index contributed by atoms with van der Waals surface area (Å²) in [5.74, 6) is -0.333. The van der Waals surface area contributed by atoms with E-state index in [9.17, 15) is 19.7 Å². The normalized spacial score (nSPS) is 10.1. The van der Waals surface area contributed by atoms with Gasteiger partial charge in [0, 0.05) is 17.3 Å². The van der Waals surface area contributed by atoms with Crippen molar-refractivity contribution in [1.29, 1.82) is 0 Å². The summed E-state index contributed by atoms with van der Waals surface area (Å²) in [5, 5.41) is 18.9. The molecule has 0 spiro atoms. The van der Waals surface area contributed by atoms with Crippen LogP contribution in [0.5, 0.6) is 0 Å². The number of rotatable bonds is 6. The number of nitro groups is 1. The topological polar surface area (TPSA) is 127 Å². The van der Waals surface area contributed by atoms with Crippen LogP contribution in [-0.2, 0) is 6.54 Å². The Kier molecular flexibility index (Phi) is 6.50. The lowest BCUT2D eigenvalue weighted by Crippen LogP contribution is -2.34. The van der Waals surface area contributed by atoms with E-state index in [4.69, 9.17) is 16.6 Å². The molecule has 0 radical (unpaired) electrons. The SMILES string of the molecule is O=C(NCc1ccco1)c1ccc(NC(=S)NC(=O)c2ccccc2[N+](=O)[O-])cc1. The Bertz CT molecular complexity index is 1080. The molecule has 3 rings (SSSR count).